The van der Waals surface area contributed by atoms with Crippen molar-refractivity contribution in [1.29, 1.82) is 0 Å². The summed E-state index contributed by atoms with van der Waals surface area (Å²) in [6.45, 7) is 4.84. The van der Waals surface area contributed by atoms with Gasteiger partial charge in [0.25, 0.3) is 22.0 Å². The Morgan fingerprint density at radius 3 is 2.69 bits per heavy atom. The molecule has 1 saturated heterocycles. The lowest BCUT2D eigenvalue weighted by atomic mass is 9.94. The number of carboxylic acid groups (broad SMARTS) is 1. The molecule has 35 heavy (non-hydrogen) atoms. The molecular weight excluding hydrogens is 474 g/mol. The number of rotatable bonds is 13. The number of carbonyl (C=O) groups excluding carboxylic acids is 2. The first-order valence-corrected chi connectivity index (χ1v) is 13.6. The molecule has 5 N–H and O–H groups in total. The first-order chi connectivity index (χ1) is 16.7. The Morgan fingerprint density at radius 2 is 2.00 bits per heavy atom. The van der Waals surface area contributed by atoms with Crippen molar-refractivity contribution in [2.45, 2.75) is 51.6 Å². The van der Waals surface area contributed by atoms with Gasteiger partial charge in [0.05, 0.1) is 0 Å². The molecule has 11 nitrogen and oxygen atoms in total. The Morgan fingerprint density at radius 1 is 1.26 bits per heavy atom. The lowest BCUT2D eigenvalue weighted by Crippen LogP contribution is -2.51. The van der Waals surface area contributed by atoms with E-state index < -0.39 is 34.7 Å². The van der Waals surface area contributed by atoms with Gasteiger partial charge in [-0.05, 0) is 62.4 Å². The fourth-order valence-corrected chi connectivity index (χ4v) is 5.34. The van der Waals surface area contributed by atoms with Crippen LogP contribution in [0, 0.1) is 5.92 Å². The van der Waals surface area contributed by atoms with E-state index in [1.54, 1.807) is 17.0 Å². The van der Waals surface area contributed by atoms with E-state index in [9.17, 15) is 27.9 Å². The van der Waals surface area contributed by atoms with E-state index in [2.05, 4.69) is 15.4 Å². The van der Waals surface area contributed by atoms with Gasteiger partial charge in [-0.1, -0.05) is 19.4 Å². The van der Waals surface area contributed by atoms with Gasteiger partial charge in [0.2, 0.25) is 0 Å². The molecule has 2 aliphatic rings. The van der Waals surface area contributed by atoms with Crippen molar-refractivity contribution in [2.24, 2.45) is 5.92 Å². The number of piperidine rings is 1. The predicted molar refractivity (Wildman–Crippen MR) is 130 cm³/mol. The molecule has 1 aromatic rings. The lowest BCUT2D eigenvalue weighted by Gasteiger charge is -2.25. The molecule has 3 rings (SSSR count). The van der Waals surface area contributed by atoms with Gasteiger partial charge in [-0.2, -0.15) is 13.1 Å². The van der Waals surface area contributed by atoms with Crippen molar-refractivity contribution in [3.05, 3.63) is 34.9 Å². The van der Waals surface area contributed by atoms with E-state index >= 15 is 0 Å². The minimum Gasteiger partial charge on any atom is -0.480 e. The summed E-state index contributed by atoms with van der Waals surface area (Å²) in [5, 5.41) is 15.2. The number of carbonyl (C=O) groups is 3. The van der Waals surface area contributed by atoms with Gasteiger partial charge in [-0.15, -0.1) is 0 Å². The average Bonchev–Trinajstić information content (AvgIpc) is 3.15. The SMILES string of the molecule is CCCCNS(=O)(=O)N[C@@H](CNC(=O)c1ccc2c(c1)C(=O)N(CCC1CCNCC1)C2)C(=O)O. The summed E-state index contributed by atoms with van der Waals surface area (Å²) in [6.07, 6.45) is 4.57. The topological polar surface area (TPSA) is 157 Å². The van der Waals surface area contributed by atoms with Crippen LogP contribution in [0.1, 0.15) is 65.3 Å². The van der Waals surface area contributed by atoms with Crippen LogP contribution in [0.2, 0.25) is 0 Å². The summed E-state index contributed by atoms with van der Waals surface area (Å²) in [4.78, 5) is 38.8. The molecule has 0 radical (unpaired) electrons. The molecule has 1 aromatic carbocycles. The molecule has 194 valence electrons. The van der Waals surface area contributed by atoms with E-state index in [1.807, 2.05) is 11.6 Å². The van der Waals surface area contributed by atoms with Crippen LogP contribution in [0.3, 0.4) is 0 Å². The maximum Gasteiger partial charge on any atom is 0.323 e. The van der Waals surface area contributed by atoms with Crippen molar-refractivity contribution in [1.82, 2.24) is 25.0 Å². The molecule has 0 aliphatic carbocycles. The highest BCUT2D eigenvalue weighted by molar-refractivity contribution is 7.87. The molecule has 0 aromatic heterocycles. The fraction of sp³-hybridized carbons (Fsp3) is 0.609. The van der Waals surface area contributed by atoms with Crippen molar-refractivity contribution in [3.63, 3.8) is 0 Å². The molecule has 0 bridgehead atoms. The minimum atomic E-state index is -4.03. The molecule has 2 aliphatic heterocycles. The Kier molecular flexibility index (Phi) is 9.61. The second kappa shape index (κ2) is 12.4. The first kappa shape index (κ1) is 27.1. The lowest BCUT2D eigenvalue weighted by molar-refractivity contribution is -0.138. The van der Waals surface area contributed by atoms with Gasteiger partial charge in [0, 0.05) is 37.3 Å². The molecule has 1 fully saturated rings. The third kappa shape index (κ3) is 7.72. The number of nitrogens with one attached hydrogen (secondary N) is 4. The molecule has 0 spiro atoms. The number of fused-ring (bicyclic) bond motifs is 1. The van der Waals surface area contributed by atoms with E-state index in [0.29, 0.717) is 31.0 Å². The third-order valence-electron chi connectivity index (χ3n) is 6.40. The Hall–Kier alpha value is -2.54. The largest absolute Gasteiger partial charge is 0.480 e. The Bertz CT molecular complexity index is 1030. The van der Waals surface area contributed by atoms with E-state index in [0.717, 1.165) is 44.3 Å². The molecule has 12 heteroatoms. The van der Waals surface area contributed by atoms with Crippen molar-refractivity contribution < 1.29 is 27.9 Å². The van der Waals surface area contributed by atoms with Gasteiger partial charge in [0.1, 0.15) is 6.04 Å². The van der Waals surface area contributed by atoms with Crippen LogP contribution in [0.5, 0.6) is 0 Å². The van der Waals surface area contributed by atoms with Crippen molar-refractivity contribution in [3.8, 4) is 0 Å². The maximum atomic E-state index is 12.9. The van der Waals surface area contributed by atoms with E-state index in [-0.39, 0.29) is 18.0 Å². The van der Waals surface area contributed by atoms with Crippen LogP contribution in [0.25, 0.3) is 0 Å². The van der Waals surface area contributed by atoms with Crippen LogP contribution in [-0.4, -0.2) is 75.0 Å². The van der Waals surface area contributed by atoms with Crippen LogP contribution in [0.15, 0.2) is 18.2 Å². The van der Waals surface area contributed by atoms with Crippen LogP contribution < -0.4 is 20.1 Å². The summed E-state index contributed by atoms with van der Waals surface area (Å²) in [6, 6.07) is 3.30. The van der Waals surface area contributed by atoms with Crippen LogP contribution in [0.4, 0.5) is 0 Å². The highest BCUT2D eigenvalue weighted by Crippen LogP contribution is 2.26. The summed E-state index contributed by atoms with van der Waals surface area (Å²) in [5.41, 5.74) is 1.54. The van der Waals surface area contributed by atoms with E-state index in [4.69, 9.17) is 0 Å². The monoisotopic (exact) mass is 509 g/mol. The zero-order valence-corrected chi connectivity index (χ0v) is 20.8. The summed E-state index contributed by atoms with van der Waals surface area (Å²) in [7, 11) is -4.03. The van der Waals surface area contributed by atoms with Gasteiger partial charge in [-0.25, -0.2) is 4.72 Å². The number of amides is 2. The number of carboxylic acids is 1. The van der Waals surface area contributed by atoms with Crippen molar-refractivity contribution in [2.75, 3.05) is 32.7 Å². The van der Waals surface area contributed by atoms with E-state index in [1.165, 1.54) is 6.07 Å². The smallest absolute Gasteiger partial charge is 0.323 e. The highest BCUT2D eigenvalue weighted by atomic mass is 32.2. The molecule has 0 saturated carbocycles. The minimum absolute atomic E-state index is 0.113. The standard InChI is InChI=1S/C23H35N5O6S/c1-2-3-9-26-35(33,34)27-20(23(31)32)14-25-21(29)17-4-5-18-15-28(22(30)19(18)13-17)12-8-16-6-10-24-11-7-16/h4-5,13,16,20,24,26-27H,2-3,6-12,14-15H2,1H3,(H,25,29)(H,31,32)/t20-/m0/s1. The zero-order chi connectivity index (χ0) is 25.4. The highest BCUT2D eigenvalue weighted by Gasteiger charge is 2.29. The number of hydrogen-bond donors (Lipinski definition) is 5. The predicted octanol–water partition coefficient (Wildman–Crippen LogP) is 0.439. The Labute approximate surface area is 206 Å². The number of nitrogens with zero attached hydrogens (tertiary/aromatic N) is 1. The molecule has 1 atom stereocenters. The van der Waals surface area contributed by atoms with Gasteiger partial charge in [-0.3, -0.25) is 14.4 Å². The number of benzene rings is 1. The number of unbranched alkanes of at least 4 members (excludes halogenated alkanes) is 1. The molecular formula is C23H35N5O6S. The maximum absolute atomic E-state index is 12.9. The quantitative estimate of drug-likeness (QED) is 0.242. The molecule has 2 amide bonds. The van der Waals surface area contributed by atoms with Gasteiger partial charge < -0.3 is 20.6 Å². The van der Waals surface area contributed by atoms with Gasteiger partial charge >= 0.3 is 5.97 Å². The van der Waals surface area contributed by atoms with Crippen LogP contribution in [-0.2, 0) is 21.5 Å². The molecule has 2 heterocycles. The van der Waals surface area contributed by atoms with Crippen molar-refractivity contribution >= 4 is 28.0 Å². The second-order valence-corrected chi connectivity index (χ2v) is 10.6. The Balaban J connectivity index is 1.55. The molecule has 0 unspecified atom stereocenters. The normalized spacial score (nSPS) is 17.3. The second-order valence-electron chi connectivity index (χ2n) is 9.05. The van der Waals surface area contributed by atoms with Gasteiger partial charge in [0.15, 0.2) is 0 Å². The first-order valence-electron chi connectivity index (χ1n) is 12.1. The number of hydrogen-bond acceptors (Lipinski definition) is 6. The third-order valence-corrected chi connectivity index (χ3v) is 7.58. The fourth-order valence-electron chi connectivity index (χ4n) is 4.28. The summed E-state index contributed by atoms with van der Waals surface area (Å²) < 4.78 is 28.4. The summed E-state index contributed by atoms with van der Waals surface area (Å²) >= 11 is 0. The zero-order valence-electron chi connectivity index (χ0n) is 20.0. The average molecular weight is 510 g/mol. The summed E-state index contributed by atoms with van der Waals surface area (Å²) in [5.74, 6) is -1.51. The number of aliphatic carboxylic acids is 1. The van der Waals surface area contributed by atoms with Crippen LogP contribution >= 0.6 is 0 Å².